The number of methoxy groups -OCH3 is 3. The molecular formula is C20H28N2O5S. The molecule has 28 heavy (non-hydrogen) atoms. The average Bonchev–Trinajstić information content (AvgIpc) is 3.07. The van der Waals surface area contributed by atoms with Crippen molar-refractivity contribution in [3.8, 4) is 27.8 Å². The van der Waals surface area contributed by atoms with E-state index in [-0.39, 0.29) is 18.6 Å². The number of nitrogens with one attached hydrogen (secondary N) is 1. The third-order valence-electron chi connectivity index (χ3n) is 4.23. The van der Waals surface area contributed by atoms with Gasteiger partial charge in [0.15, 0.2) is 11.5 Å². The minimum atomic E-state index is -0.279. The van der Waals surface area contributed by atoms with E-state index in [1.165, 1.54) is 11.3 Å². The summed E-state index contributed by atoms with van der Waals surface area (Å²) in [6, 6.07) is 3.33. The lowest BCUT2D eigenvalue weighted by molar-refractivity contribution is 0.0911. The van der Waals surface area contributed by atoms with Crippen molar-refractivity contribution in [3.05, 3.63) is 22.7 Å². The van der Waals surface area contributed by atoms with Crippen molar-refractivity contribution in [2.75, 3.05) is 27.9 Å². The van der Waals surface area contributed by atoms with Gasteiger partial charge in [-0.05, 0) is 31.4 Å². The zero-order valence-corrected chi connectivity index (χ0v) is 18.0. The second-order valence-electron chi connectivity index (χ2n) is 6.83. The van der Waals surface area contributed by atoms with E-state index in [4.69, 9.17) is 14.2 Å². The number of hydrogen-bond acceptors (Lipinski definition) is 7. The summed E-state index contributed by atoms with van der Waals surface area (Å²) in [4.78, 5) is 17.8. The molecule has 0 fully saturated rings. The molecule has 0 unspecified atom stereocenters. The molecule has 2 rings (SSSR count). The number of carbonyl (C=O) groups excluding carboxylic acids is 1. The Morgan fingerprint density at radius 2 is 1.79 bits per heavy atom. The van der Waals surface area contributed by atoms with Gasteiger partial charge in [-0.2, -0.15) is 0 Å². The van der Waals surface area contributed by atoms with Crippen molar-refractivity contribution in [1.29, 1.82) is 0 Å². The fraction of sp³-hybridized carbons (Fsp3) is 0.500. The van der Waals surface area contributed by atoms with Crippen molar-refractivity contribution in [3.63, 3.8) is 0 Å². The Labute approximate surface area is 169 Å². The minimum absolute atomic E-state index is 0.0957. The quantitative estimate of drug-likeness (QED) is 0.662. The van der Waals surface area contributed by atoms with Crippen LogP contribution in [0.5, 0.6) is 17.2 Å². The number of carbonyl (C=O) groups is 1. The van der Waals surface area contributed by atoms with Gasteiger partial charge in [0.05, 0.1) is 39.7 Å². The van der Waals surface area contributed by atoms with E-state index in [2.05, 4.69) is 24.1 Å². The van der Waals surface area contributed by atoms with E-state index in [0.29, 0.717) is 45.2 Å². The van der Waals surface area contributed by atoms with Crippen molar-refractivity contribution >= 4 is 17.2 Å². The number of hydrogen-bond donors (Lipinski definition) is 2. The van der Waals surface area contributed by atoms with Crippen LogP contribution in [0.2, 0.25) is 0 Å². The zero-order chi connectivity index (χ0) is 20.8. The third kappa shape index (κ3) is 4.94. The van der Waals surface area contributed by atoms with Crippen LogP contribution < -0.4 is 19.5 Å². The Kier molecular flexibility index (Phi) is 7.65. The number of nitrogens with zero attached hydrogens (tertiary/aromatic N) is 1. The van der Waals surface area contributed by atoms with Gasteiger partial charge in [-0.3, -0.25) is 4.79 Å². The molecule has 0 radical (unpaired) electrons. The molecular weight excluding hydrogens is 380 g/mol. The fourth-order valence-corrected chi connectivity index (χ4v) is 3.89. The SMILES string of the molecule is COc1cc(-c2nc(C)c(C(=O)N[C@H](CO)CC(C)C)s2)cc(OC)c1OC. The number of benzene rings is 1. The lowest BCUT2D eigenvalue weighted by Crippen LogP contribution is -2.38. The molecule has 1 atom stereocenters. The Bertz CT molecular complexity index is 794. The summed E-state index contributed by atoms with van der Waals surface area (Å²) in [7, 11) is 4.65. The molecule has 1 amide bonds. The van der Waals surface area contributed by atoms with Crippen LogP contribution >= 0.6 is 11.3 Å². The van der Waals surface area contributed by atoms with Gasteiger partial charge in [0.1, 0.15) is 9.88 Å². The summed E-state index contributed by atoms with van der Waals surface area (Å²) in [5.41, 5.74) is 1.40. The van der Waals surface area contributed by atoms with E-state index < -0.39 is 0 Å². The molecule has 8 heteroatoms. The first-order chi connectivity index (χ1) is 13.3. The molecule has 7 nitrogen and oxygen atoms in total. The Morgan fingerprint density at radius 1 is 1.18 bits per heavy atom. The van der Waals surface area contributed by atoms with Gasteiger partial charge in [0.2, 0.25) is 5.75 Å². The average molecular weight is 409 g/mol. The number of aromatic nitrogens is 1. The topological polar surface area (TPSA) is 89.9 Å². The second-order valence-corrected chi connectivity index (χ2v) is 7.83. The maximum absolute atomic E-state index is 12.7. The number of thiazole rings is 1. The molecule has 0 saturated carbocycles. The molecule has 0 aliphatic heterocycles. The van der Waals surface area contributed by atoms with Crippen LogP contribution in [-0.2, 0) is 0 Å². The Balaban J connectivity index is 2.34. The highest BCUT2D eigenvalue weighted by molar-refractivity contribution is 7.17. The molecule has 0 aliphatic carbocycles. The van der Waals surface area contributed by atoms with Crippen LogP contribution in [-0.4, -0.2) is 50.0 Å². The Morgan fingerprint density at radius 3 is 2.25 bits per heavy atom. The first kappa shape index (κ1) is 22.0. The number of aryl methyl sites for hydroxylation is 1. The molecule has 1 aromatic carbocycles. The van der Waals surface area contributed by atoms with Crippen LogP contribution in [0.15, 0.2) is 12.1 Å². The molecule has 154 valence electrons. The zero-order valence-electron chi connectivity index (χ0n) is 17.2. The molecule has 1 heterocycles. The van der Waals surface area contributed by atoms with E-state index in [1.54, 1.807) is 40.4 Å². The fourth-order valence-electron chi connectivity index (χ4n) is 2.93. The molecule has 2 aromatic rings. The third-order valence-corrected chi connectivity index (χ3v) is 5.43. The second kappa shape index (κ2) is 9.75. The molecule has 0 spiro atoms. The van der Waals surface area contributed by atoms with Gasteiger partial charge in [0, 0.05) is 5.56 Å². The first-order valence-electron chi connectivity index (χ1n) is 9.04. The van der Waals surface area contributed by atoms with Gasteiger partial charge in [-0.1, -0.05) is 13.8 Å². The van der Waals surface area contributed by atoms with Crippen molar-refractivity contribution < 1.29 is 24.1 Å². The molecule has 2 N–H and O–H groups in total. The van der Waals surface area contributed by atoms with E-state index in [1.807, 2.05) is 0 Å². The Hall–Kier alpha value is -2.32. The van der Waals surface area contributed by atoms with Crippen LogP contribution in [0.3, 0.4) is 0 Å². The van der Waals surface area contributed by atoms with E-state index in [9.17, 15) is 9.90 Å². The summed E-state index contributed by atoms with van der Waals surface area (Å²) in [5, 5.41) is 13.1. The maximum Gasteiger partial charge on any atom is 0.263 e. The summed E-state index contributed by atoms with van der Waals surface area (Å²) < 4.78 is 16.1. The van der Waals surface area contributed by atoms with Gasteiger partial charge < -0.3 is 24.6 Å². The number of rotatable bonds is 9. The monoisotopic (exact) mass is 408 g/mol. The summed E-state index contributed by atoms with van der Waals surface area (Å²) in [5.74, 6) is 1.68. The van der Waals surface area contributed by atoms with Crippen molar-refractivity contribution in [2.45, 2.75) is 33.2 Å². The number of aliphatic hydroxyl groups excluding tert-OH is 1. The molecule has 0 aliphatic rings. The van der Waals surface area contributed by atoms with E-state index in [0.717, 1.165) is 5.56 Å². The summed E-state index contributed by atoms with van der Waals surface area (Å²) >= 11 is 1.29. The predicted molar refractivity (Wildman–Crippen MR) is 110 cm³/mol. The van der Waals surface area contributed by atoms with E-state index >= 15 is 0 Å². The molecule has 1 aromatic heterocycles. The van der Waals surface area contributed by atoms with Crippen LogP contribution in [0, 0.1) is 12.8 Å². The first-order valence-corrected chi connectivity index (χ1v) is 9.85. The van der Waals surface area contributed by atoms with Gasteiger partial charge in [-0.15, -0.1) is 11.3 Å². The molecule has 0 saturated heterocycles. The number of amides is 1. The van der Waals surface area contributed by atoms with Crippen LogP contribution in [0.1, 0.15) is 35.6 Å². The largest absolute Gasteiger partial charge is 0.493 e. The standard InChI is InChI=1S/C20H28N2O5S/c1-11(2)7-14(10-23)22-19(24)18-12(3)21-20(28-18)13-8-15(25-4)17(27-6)16(9-13)26-5/h8-9,11,14,23H,7,10H2,1-6H3,(H,22,24)/t14-/m0/s1. The highest BCUT2D eigenvalue weighted by Gasteiger charge is 2.21. The smallest absolute Gasteiger partial charge is 0.263 e. The number of aliphatic hydroxyl groups is 1. The van der Waals surface area contributed by atoms with Crippen LogP contribution in [0.25, 0.3) is 10.6 Å². The van der Waals surface area contributed by atoms with Crippen molar-refractivity contribution in [1.82, 2.24) is 10.3 Å². The lowest BCUT2D eigenvalue weighted by atomic mass is 10.0. The molecule has 0 bridgehead atoms. The number of ether oxygens (including phenoxy) is 3. The summed E-state index contributed by atoms with van der Waals surface area (Å²) in [6.07, 6.45) is 0.708. The normalized spacial score (nSPS) is 12.0. The highest BCUT2D eigenvalue weighted by atomic mass is 32.1. The van der Waals surface area contributed by atoms with Gasteiger partial charge in [-0.25, -0.2) is 4.98 Å². The van der Waals surface area contributed by atoms with Crippen LogP contribution in [0.4, 0.5) is 0 Å². The van der Waals surface area contributed by atoms with Gasteiger partial charge in [0.25, 0.3) is 5.91 Å². The predicted octanol–water partition coefficient (Wildman–Crippen LogP) is 3.28. The van der Waals surface area contributed by atoms with Gasteiger partial charge >= 0.3 is 0 Å². The van der Waals surface area contributed by atoms with Crippen molar-refractivity contribution in [2.24, 2.45) is 5.92 Å². The minimum Gasteiger partial charge on any atom is -0.493 e. The maximum atomic E-state index is 12.7. The highest BCUT2D eigenvalue weighted by Crippen LogP contribution is 2.42. The lowest BCUT2D eigenvalue weighted by Gasteiger charge is -2.17. The summed E-state index contributed by atoms with van der Waals surface area (Å²) in [6.45, 7) is 5.80.